The smallest absolute Gasteiger partial charge is 0.227 e. The third-order valence-corrected chi connectivity index (χ3v) is 7.17. The standard InChI is InChI=1S/C25H31ClFN3O2/c1-2-32-23-12-18-11-19(15-29-22(18)13-21(23)26)24(31)30-9-7-25(16-28,8-10-30)14-17-3-5-20(27)6-4-17/h3-6,12-13,19,29H,2,7-11,14-16,28H2,1H3. The predicted molar refractivity (Wildman–Crippen MR) is 126 cm³/mol. The van der Waals surface area contributed by atoms with Gasteiger partial charge in [-0.3, -0.25) is 4.79 Å². The van der Waals surface area contributed by atoms with Crippen molar-refractivity contribution in [2.45, 2.75) is 32.6 Å². The Labute approximate surface area is 194 Å². The molecule has 2 aromatic carbocycles. The zero-order chi connectivity index (χ0) is 22.7. The van der Waals surface area contributed by atoms with Crippen molar-refractivity contribution in [1.82, 2.24) is 4.90 Å². The summed E-state index contributed by atoms with van der Waals surface area (Å²) in [6.45, 7) is 5.03. The molecule has 0 saturated carbocycles. The Morgan fingerprint density at radius 2 is 2.00 bits per heavy atom. The molecular formula is C25H31ClFN3O2. The second-order valence-corrected chi connectivity index (χ2v) is 9.39. The number of fused-ring (bicyclic) bond motifs is 1. The molecule has 2 heterocycles. The van der Waals surface area contributed by atoms with Crippen LogP contribution in [0.25, 0.3) is 0 Å². The number of hydrogen-bond acceptors (Lipinski definition) is 4. The molecule has 0 aliphatic carbocycles. The highest BCUT2D eigenvalue weighted by Gasteiger charge is 2.37. The quantitative estimate of drug-likeness (QED) is 0.676. The molecule has 2 aliphatic heterocycles. The van der Waals surface area contributed by atoms with Crippen molar-refractivity contribution >= 4 is 23.2 Å². The fourth-order valence-corrected chi connectivity index (χ4v) is 5.11. The van der Waals surface area contributed by atoms with Gasteiger partial charge in [-0.2, -0.15) is 0 Å². The first-order chi connectivity index (χ1) is 15.4. The van der Waals surface area contributed by atoms with Gasteiger partial charge in [-0.05, 0) is 80.0 Å². The van der Waals surface area contributed by atoms with Crippen molar-refractivity contribution < 1.29 is 13.9 Å². The van der Waals surface area contributed by atoms with Crippen LogP contribution in [-0.2, 0) is 17.6 Å². The van der Waals surface area contributed by atoms with Crippen molar-refractivity contribution in [2.75, 3.05) is 38.1 Å². The maximum Gasteiger partial charge on any atom is 0.227 e. The predicted octanol–water partition coefficient (Wildman–Crippen LogP) is 4.27. The maximum absolute atomic E-state index is 13.3. The molecule has 7 heteroatoms. The van der Waals surface area contributed by atoms with Gasteiger partial charge < -0.3 is 20.7 Å². The lowest BCUT2D eigenvalue weighted by Crippen LogP contribution is -2.50. The Morgan fingerprint density at radius 3 is 2.66 bits per heavy atom. The Hall–Kier alpha value is -2.31. The number of carbonyl (C=O) groups is 1. The van der Waals surface area contributed by atoms with E-state index in [2.05, 4.69) is 5.32 Å². The van der Waals surface area contributed by atoms with Gasteiger partial charge in [0.1, 0.15) is 11.6 Å². The highest BCUT2D eigenvalue weighted by molar-refractivity contribution is 6.32. The van der Waals surface area contributed by atoms with Crippen LogP contribution in [0.2, 0.25) is 5.02 Å². The van der Waals surface area contributed by atoms with Gasteiger partial charge in [0.25, 0.3) is 0 Å². The molecule has 0 aromatic heterocycles. The monoisotopic (exact) mass is 459 g/mol. The number of nitrogens with zero attached hydrogens (tertiary/aromatic N) is 1. The minimum Gasteiger partial charge on any atom is -0.492 e. The normalized spacial score (nSPS) is 19.8. The van der Waals surface area contributed by atoms with Crippen molar-refractivity contribution in [2.24, 2.45) is 17.1 Å². The van der Waals surface area contributed by atoms with E-state index in [1.165, 1.54) is 12.1 Å². The summed E-state index contributed by atoms with van der Waals surface area (Å²) in [7, 11) is 0. The van der Waals surface area contributed by atoms with Crippen LogP contribution in [0.15, 0.2) is 36.4 Å². The van der Waals surface area contributed by atoms with E-state index >= 15 is 0 Å². The van der Waals surface area contributed by atoms with Crippen molar-refractivity contribution in [3.8, 4) is 5.75 Å². The summed E-state index contributed by atoms with van der Waals surface area (Å²) in [5.74, 6) is 0.507. The van der Waals surface area contributed by atoms with Crippen LogP contribution in [0.5, 0.6) is 5.75 Å². The van der Waals surface area contributed by atoms with E-state index in [1.54, 1.807) is 0 Å². The number of nitrogens with one attached hydrogen (secondary N) is 1. The minimum absolute atomic E-state index is 0.0465. The van der Waals surface area contributed by atoms with Gasteiger partial charge in [-0.25, -0.2) is 4.39 Å². The molecule has 0 radical (unpaired) electrons. The summed E-state index contributed by atoms with van der Waals surface area (Å²) >= 11 is 6.30. The van der Waals surface area contributed by atoms with Gasteiger partial charge in [0.05, 0.1) is 17.5 Å². The molecular weight excluding hydrogens is 429 g/mol. The van der Waals surface area contributed by atoms with E-state index in [1.807, 2.05) is 36.1 Å². The van der Waals surface area contributed by atoms with E-state index in [0.29, 0.717) is 50.0 Å². The molecule has 4 rings (SSSR count). The number of carbonyl (C=O) groups excluding carboxylic acids is 1. The SMILES string of the molecule is CCOc1cc2c(cc1Cl)NCC(C(=O)N1CCC(CN)(Cc3ccc(F)cc3)CC1)C2. The summed E-state index contributed by atoms with van der Waals surface area (Å²) < 4.78 is 18.9. The molecule has 1 saturated heterocycles. The minimum atomic E-state index is -0.228. The molecule has 5 nitrogen and oxygen atoms in total. The van der Waals surface area contributed by atoms with E-state index in [4.69, 9.17) is 22.1 Å². The molecule has 2 aromatic rings. The van der Waals surface area contributed by atoms with Gasteiger partial charge in [0.15, 0.2) is 0 Å². The third kappa shape index (κ3) is 4.86. The summed E-state index contributed by atoms with van der Waals surface area (Å²) in [6, 6.07) is 10.5. The van der Waals surface area contributed by atoms with Gasteiger partial charge in [0.2, 0.25) is 5.91 Å². The third-order valence-electron chi connectivity index (χ3n) is 6.87. The second kappa shape index (κ2) is 9.67. The summed E-state index contributed by atoms with van der Waals surface area (Å²) in [6.07, 6.45) is 3.19. The number of likely N-dealkylation sites (tertiary alicyclic amines) is 1. The van der Waals surface area contributed by atoms with Crippen LogP contribution in [0, 0.1) is 17.2 Å². The molecule has 0 bridgehead atoms. The summed E-state index contributed by atoms with van der Waals surface area (Å²) in [4.78, 5) is 15.3. The number of hydrogen-bond donors (Lipinski definition) is 2. The highest BCUT2D eigenvalue weighted by atomic mass is 35.5. The zero-order valence-corrected chi connectivity index (χ0v) is 19.3. The molecule has 2 aliphatic rings. The number of nitrogens with two attached hydrogens (primary N) is 1. The summed E-state index contributed by atoms with van der Waals surface area (Å²) in [5, 5.41) is 3.95. The van der Waals surface area contributed by atoms with Gasteiger partial charge >= 0.3 is 0 Å². The van der Waals surface area contributed by atoms with Crippen molar-refractivity contribution in [1.29, 1.82) is 0 Å². The van der Waals surface area contributed by atoms with Gasteiger partial charge in [-0.15, -0.1) is 0 Å². The van der Waals surface area contributed by atoms with Crippen LogP contribution in [0.1, 0.15) is 30.9 Å². The lowest BCUT2D eigenvalue weighted by atomic mass is 9.73. The lowest BCUT2D eigenvalue weighted by Gasteiger charge is -2.42. The lowest BCUT2D eigenvalue weighted by molar-refractivity contribution is -0.137. The topological polar surface area (TPSA) is 67.6 Å². The highest BCUT2D eigenvalue weighted by Crippen LogP contribution is 2.37. The largest absolute Gasteiger partial charge is 0.492 e. The van der Waals surface area contributed by atoms with Crippen LogP contribution in [0.3, 0.4) is 0 Å². The Bertz CT molecular complexity index is 958. The van der Waals surface area contributed by atoms with Gasteiger partial charge in [-0.1, -0.05) is 23.7 Å². The first kappa shape index (κ1) is 22.9. The molecule has 1 unspecified atom stereocenters. The van der Waals surface area contributed by atoms with Crippen molar-refractivity contribution in [3.05, 3.63) is 58.4 Å². The second-order valence-electron chi connectivity index (χ2n) is 8.99. The number of benzene rings is 2. The first-order valence-electron chi connectivity index (χ1n) is 11.4. The Balaban J connectivity index is 1.39. The fourth-order valence-electron chi connectivity index (χ4n) is 4.89. The molecule has 3 N–H and O–H groups in total. The average Bonchev–Trinajstić information content (AvgIpc) is 2.81. The Kier molecular flexibility index (Phi) is 6.91. The molecule has 1 fully saturated rings. The molecule has 0 spiro atoms. The fraction of sp³-hybridized carbons (Fsp3) is 0.480. The maximum atomic E-state index is 13.3. The van der Waals surface area contributed by atoms with Crippen LogP contribution in [0.4, 0.5) is 10.1 Å². The number of rotatable bonds is 6. The number of piperidine rings is 1. The number of amides is 1. The van der Waals surface area contributed by atoms with E-state index in [-0.39, 0.29) is 23.1 Å². The first-order valence-corrected chi connectivity index (χ1v) is 11.7. The molecule has 172 valence electrons. The van der Waals surface area contributed by atoms with E-state index in [9.17, 15) is 9.18 Å². The van der Waals surface area contributed by atoms with E-state index in [0.717, 1.165) is 36.1 Å². The number of anilines is 1. The molecule has 32 heavy (non-hydrogen) atoms. The van der Waals surface area contributed by atoms with Crippen molar-refractivity contribution in [3.63, 3.8) is 0 Å². The van der Waals surface area contributed by atoms with Crippen LogP contribution in [-0.4, -0.2) is 43.6 Å². The molecule has 1 atom stereocenters. The van der Waals surface area contributed by atoms with E-state index < -0.39 is 0 Å². The van der Waals surface area contributed by atoms with Crippen LogP contribution >= 0.6 is 11.6 Å². The average molecular weight is 460 g/mol. The Morgan fingerprint density at radius 1 is 1.28 bits per heavy atom. The molecule has 1 amide bonds. The zero-order valence-electron chi connectivity index (χ0n) is 18.5. The summed E-state index contributed by atoms with van der Waals surface area (Å²) in [5.41, 5.74) is 9.26. The van der Waals surface area contributed by atoms with Crippen LogP contribution < -0.4 is 15.8 Å². The van der Waals surface area contributed by atoms with Gasteiger partial charge in [0, 0.05) is 25.3 Å². The number of ether oxygens (including phenoxy) is 1. The number of halogens is 2.